The van der Waals surface area contributed by atoms with Crippen molar-refractivity contribution in [2.45, 2.75) is 40.2 Å². The Bertz CT molecular complexity index is 362. The normalized spacial score (nSPS) is 13.6. The molecule has 16 heavy (non-hydrogen) atoms. The Kier molecular flexibility index (Phi) is 3.70. The van der Waals surface area contributed by atoms with Gasteiger partial charge in [-0.2, -0.15) is 5.10 Å². The molecule has 5 heteroatoms. The fourth-order valence-corrected chi connectivity index (χ4v) is 1.33. The maximum atomic E-state index is 11.3. The number of aromatic amines is 1. The molecule has 0 fully saturated rings. The highest BCUT2D eigenvalue weighted by atomic mass is 16.2. The Morgan fingerprint density at radius 1 is 1.62 bits per heavy atom. The number of amides is 1. The number of carbonyl (C=O) groups excluding carboxylic acids is 1. The second-order valence-electron chi connectivity index (χ2n) is 5.29. The maximum Gasteiger partial charge on any atom is 0.242 e. The first-order valence-electron chi connectivity index (χ1n) is 5.39. The van der Waals surface area contributed by atoms with Gasteiger partial charge in [-0.15, -0.1) is 0 Å². The van der Waals surface area contributed by atoms with Crippen LogP contribution in [0.2, 0.25) is 0 Å². The van der Waals surface area contributed by atoms with E-state index in [1.54, 1.807) is 6.92 Å². The van der Waals surface area contributed by atoms with Gasteiger partial charge < -0.3 is 11.1 Å². The standard InChI is InChI=1S/C11H20N4O/c1-7(12)10(16)13-9-5-8(14-15-9)6-11(2,3)4/h5,7H,6,12H2,1-4H3,(H2,13,14,15,16)/t7-/m0/s1. The first kappa shape index (κ1) is 12.7. The number of H-pyrrole nitrogens is 1. The van der Waals surface area contributed by atoms with Crippen LogP contribution in [-0.2, 0) is 11.2 Å². The third-order valence-electron chi connectivity index (χ3n) is 2.02. The molecule has 90 valence electrons. The van der Waals surface area contributed by atoms with Crippen LogP contribution in [0.1, 0.15) is 33.4 Å². The minimum atomic E-state index is -0.525. The van der Waals surface area contributed by atoms with E-state index in [1.165, 1.54) is 0 Å². The molecule has 1 atom stereocenters. The summed E-state index contributed by atoms with van der Waals surface area (Å²) in [4.78, 5) is 11.3. The average Bonchev–Trinajstić information content (AvgIpc) is 2.49. The summed E-state index contributed by atoms with van der Waals surface area (Å²) in [5.74, 6) is 0.301. The van der Waals surface area contributed by atoms with Crippen molar-refractivity contribution >= 4 is 11.7 Å². The molecular weight excluding hydrogens is 204 g/mol. The van der Waals surface area contributed by atoms with Gasteiger partial charge >= 0.3 is 0 Å². The van der Waals surface area contributed by atoms with Gasteiger partial charge in [0.25, 0.3) is 0 Å². The molecule has 0 aliphatic rings. The zero-order valence-electron chi connectivity index (χ0n) is 10.3. The Morgan fingerprint density at radius 2 is 2.25 bits per heavy atom. The number of carbonyl (C=O) groups is 1. The minimum absolute atomic E-state index is 0.189. The van der Waals surface area contributed by atoms with E-state index in [-0.39, 0.29) is 11.3 Å². The molecule has 0 aliphatic carbocycles. The number of nitrogens with one attached hydrogen (secondary N) is 2. The quantitative estimate of drug-likeness (QED) is 0.723. The minimum Gasteiger partial charge on any atom is -0.320 e. The summed E-state index contributed by atoms with van der Waals surface area (Å²) in [6, 6.07) is 1.31. The number of nitrogens with zero attached hydrogens (tertiary/aromatic N) is 1. The molecule has 1 amide bonds. The summed E-state index contributed by atoms with van der Waals surface area (Å²) in [6.07, 6.45) is 0.883. The lowest BCUT2D eigenvalue weighted by atomic mass is 9.91. The largest absolute Gasteiger partial charge is 0.320 e. The third-order valence-corrected chi connectivity index (χ3v) is 2.02. The highest BCUT2D eigenvalue weighted by Crippen LogP contribution is 2.20. The topological polar surface area (TPSA) is 83.8 Å². The van der Waals surface area contributed by atoms with E-state index in [4.69, 9.17) is 5.73 Å². The van der Waals surface area contributed by atoms with Gasteiger partial charge in [-0.25, -0.2) is 0 Å². The molecule has 1 aromatic heterocycles. The van der Waals surface area contributed by atoms with Crippen molar-refractivity contribution in [2.24, 2.45) is 11.1 Å². The first-order chi connectivity index (χ1) is 7.28. The predicted molar refractivity (Wildman–Crippen MR) is 64.0 cm³/mol. The lowest BCUT2D eigenvalue weighted by Crippen LogP contribution is -2.32. The van der Waals surface area contributed by atoms with Crippen LogP contribution < -0.4 is 11.1 Å². The van der Waals surface area contributed by atoms with Crippen molar-refractivity contribution in [2.75, 3.05) is 5.32 Å². The summed E-state index contributed by atoms with van der Waals surface area (Å²) in [6.45, 7) is 8.08. The molecule has 1 aromatic rings. The predicted octanol–water partition coefficient (Wildman–Crippen LogP) is 1.28. The van der Waals surface area contributed by atoms with Crippen molar-refractivity contribution in [3.63, 3.8) is 0 Å². The molecule has 0 aliphatic heterocycles. The molecule has 0 bridgehead atoms. The highest BCUT2D eigenvalue weighted by Gasteiger charge is 2.14. The smallest absolute Gasteiger partial charge is 0.242 e. The lowest BCUT2D eigenvalue weighted by molar-refractivity contribution is -0.117. The molecule has 1 heterocycles. The van der Waals surface area contributed by atoms with Gasteiger partial charge in [0.05, 0.1) is 6.04 Å². The van der Waals surface area contributed by atoms with Gasteiger partial charge in [0.15, 0.2) is 5.82 Å². The Hall–Kier alpha value is -1.36. The van der Waals surface area contributed by atoms with E-state index in [0.29, 0.717) is 5.82 Å². The van der Waals surface area contributed by atoms with Gasteiger partial charge in [-0.3, -0.25) is 9.89 Å². The Balaban J connectivity index is 2.62. The molecular formula is C11H20N4O. The van der Waals surface area contributed by atoms with Crippen LogP contribution in [0.25, 0.3) is 0 Å². The van der Waals surface area contributed by atoms with E-state index in [9.17, 15) is 4.79 Å². The maximum absolute atomic E-state index is 11.3. The molecule has 0 spiro atoms. The highest BCUT2D eigenvalue weighted by molar-refractivity contribution is 5.93. The summed E-state index contributed by atoms with van der Waals surface area (Å²) in [7, 11) is 0. The number of hydrogen-bond donors (Lipinski definition) is 3. The van der Waals surface area contributed by atoms with Crippen molar-refractivity contribution in [3.05, 3.63) is 11.8 Å². The Labute approximate surface area is 95.8 Å². The fraction of sp³-hybridized carbons (Fsp3) is 0.636. The zero-order valence-corrected chi connectivity index (χ0v) is 10.3. The van der Waals surface area contributed by atoms with Gasteiger partial charge in [-0.1, -0.05) is 20.8 Å². The second-order valence-corrected chi connectivity index (χ2v) is 5.29. The van der Waals surface area contributed by atoms with Crippen molar-refractivity contribution in [1.82, 2.24) is 10.2 Å². The van der Waals surface area contributed by atoms with Gasteiger partial charge in [-0.05, 0) is 18.8 Å². The number of nitrogens with two attached hydrogens (primary N) is 1. The van der Waals surface area contributed by atoms with Crippen LogP contribution >= 0.6 is 0 Å². The van der Waals surface area contributed by atoms with Crippen LogP contribution in [0, 0.1) is 5.41 Å². The summed E-state index contributed by atoms with van der Waals surface area (Å²) >= 11 is 0. The van der Waals surface area contributed by atoms with Crippen molar-refractivity contribution in [3.8, 4) is 0 Å². The lowest BCUT2D eigenvalue weighted by Gasteiger charge is -2.15. The second kappa shape index (κ2) is 4.65. The van der Waals surface area contributed by atoms with Crippen LogP contribution in [0.15, 0.2) is 6.07 Å². The van der Waals surface area contributed by atoms with E-state index in [2.05, 4.69) is 36.3 Å². The molecule has 0 saturated carbocycles. The summed E-state index contributed by atoms with van der Waals surface area (Å²) in [5.41, 5.74) is 6.64. The number of anilines is 1. The molecule has 0 unspecified atom stereocenters. The molecule has 0 saturated heterocycles. The molecule has 4 N–H and O–H groups in total. The van der Waals surface area contributed by atoms with Gasteiger partial charge in [0.1, 0.15) is 0 Å². The molecule has 0 aromatic carbocycles. The number of rotatable bonds is 3. The monoisotopic (exact) mass is 224 g/mol. The van der Waals surface area contributed by atoms with Crippen molar-refractivity contribution < 1.29 is 4.79 Å². The van der Waals surface area contributed by atoms with E-state index in [1.807, 2.05) is 6.07 Å². The van der Waals surface area contributed by atoms with Crippen LogP contribution in [0.4, 0.5) is 5.82 Å². The number of aromatic nitrogens is 2. The zero-order chi connectivity index (χ0) is 12.3. The summed E-state index contributed by atoms with van der Waals surface area (Å²) < 4.78 is 0. The fourth-order valence-electron chi connectivity index (χ4n) is 1.33. The average molecular weight is 224 g/mol. The SMILES string of the molecule is C[C@H](N)C(=O)Nc1cc(CC(C)(C)C)[nH]n1. The van der Waals surface area contributed by atoms with Gasteiger partial charge in [0.2, 0.25) is 5.91 Å². The molecule has 0 radical (unpaired) electrons. The van der Waals surface area contributed by atoms with E-state index in [0.717, 1.165) is 12.1 Å². The van der Waals surface area contributed by atoms with E-state index < -0.39 is 6.04 Å². The Morgan fingerprint density at radius 3 is 2.75 bits per heavy atom. The number of hydrogen-bond acceptors (Lipinski definition) is 3. The third kappa shape index (κ3) is 4.02. The van der Waals surface area contributed by atoms with Crippen LogP contribution in [0.5, 0.6) is 0 Å². The van der Waals surface area contributed by atoms with Gasteiger partial charge in [0, 0.05) is 11.8 Å². The summed E-state index contributed by atoms with van der Waals surface area (Å²) in [5, 5.41) is 9.55. The van der Waals surface area contributed by atoms with Crippen LogP contribution in [-0.4, -0.2) is 22.1 Å². The molecule has 5 nitrogen and oxygen atoms in total. The first-order valence-corrected chi connectivity index (χ1v) is 5.39. The van der Waals surface area contributed by atoms with E-state index >= 15 is 0 Å². The van der Waals surface area contributed by atoms with Crippen LogP contribution in [0.3, 0.4) is 0 Å². The van der Waals surface area contributed by atoms with Crippen molar-refractivity contribution in [1.29, 1.82) is 0 Å². The molecule has 1 rings (SSSR count).